The molecule has 12 aromatic rings. The van der Waals surface area contributed by atoms with Crippen molar-refractivity contribution < 1.29 is 0 Å². The number of rotatable bonds is 9. The molecule has 73 heavy (non-hydrogen) atoms. The third-order valence-electron chi connectivity index (χ3n) is 15.5. The van der Waals surface area contributed by atoms with Gasteiger partial charge in [0.15, 0.2) is 0 Å². The van der Waals surface area contributed by atoms with Crippen LogP contribution in [0.1, 0.15) is 35.1 Å². The van der Waals surface area contributed by atoms with Gasteiger partial charge in [0.05, 0.1) is 22.1 Å². The van der Waals surface area contributed by atoms with Crippen LogP contribution in [0, 0.1) is 0 Å². The Bertz CT molecular complexity index is 4060. The average molecular weight is 931 g/mol. The van der Waals surface area contributed by atoms with Gasteiger partial charge in [-0.2, -0.15) is 0 Å². The lowest BCUT2D eigenvalue weighted by Crippen LogP contribution is -2.29. The Kier molecular flexibility index (Phi) is 10.3. The lowest BCUT2D eigenvalue weighted by atomic mass is 9.66. The van der Waals surface area contributed by atoms with Crippen molar-refractivity contribution in [1.29, 1.82) is 0 Å². The minimum absolute atomic E-state index is 0.462. The summed E-state index contributed by atoms with van der Waals surface area (Å²) in [5.74, 6) is 0. The largest absolute Gasteiger partial charge is 0.310 e. The second kappa shape index (κ2) is 17.6. The number of para-hydroxylation sites is 1. The van der Waals surface area contributed by atoms with Gasteiger partial charge < -0.3 is 9.47 Å². The van der Waals surface area contributed by atoms with Crippen molar-refractivity contribution >= 4 is 55.2 Å². The molecular weight excluding hydrogens is 881 g/mol. The topological polar surface area (TPSA) is 8.17 Å². The van der Waals surface area contributed by atoms with Crippen LogP contribution in [0.3, 0.4) is 0 Å². The van der Waals surface area contributed by atoms with Crippen LogP contribution >= 0.6 is 0 Å². The predicted octanol–water partition coefficient (Wildman–Crippen LogP) is 18.9. The van der Waals surface area contributed by atoms with E-state index >= 15 is 0 Å². The third kappa shape index (κ3) is 7.01. The van der Waals surface area contributed by atoms with Gasteiger partial charge in [0.25, 0.3) is 0 Å². The number of allylic oxidation sites excluding steroid dienone is 4. The molecule has 0 bridgehead atoms. The van der Waals surface area contributed by atoms with Gasteiger partial charge in [0.2, 0.25) is 0 Å². The van der Waals surface area contributed by atoms with Crippen molar-refractivity contribution in [3.8, 4) is 39.1 Å². The molecule has 2 aliphatic carbocycles. The summed E-state index contributed by atoms with van der Waals surface area (Å²) in [7, 11) is 0. The number of hydrogen-bond acceptors (Lipinski definition) is 1. The normalized spacial score (nSPS) is 13.6. The highest BCUT2D eigenvalue weighted by Crippen LogP contribution is 2.58. The van der Waals surface area contributed by atoms with Crippen LogP contribution in [0.15, 0.2) is 285 Å². The quantitative estimate of drug-likeness (QED) is 0.140. The Morgan fingerprint density at radius 1 is 0.384 bits per heavy atom. The molecule has 344 valence electrons. The predicted molar refractivity (Wildman–Crippen MR) is 307 cm³/mol. The van der Waals surface area contributed by atoms with Crippen molar-refractivity contribution in [2.24, 2.45) is 0 Å². The van der Waals surface area contributed by atoms with Crippen molar-refractivity contribution in [2.75, 3.05) is 4.90 Å². The van der Waals surface area contributed by atoms with E-state index in [2.05, 4.69) is 289 Å². The Morgan fingerprint density at radius 2 is 0.932 bits per heavy atom. The average Bonchev–Trinajstić information content (AvgIpc) is 4.01. The minimum Gasteiger partial charge on any atom is -0.310 e. The van der Waals surface area contributed by atoms with E-state index in [0.717, 1.165) is 35.6 Å². The van der Waals surface area contributed by atoms with Crippen LogP contribution in [0.2, 0.25) is 0 Å². The summed E-state index contributed by atoms with van der Waals surface area (Å²) in [6.07, 6.45) is 6.86. The number of hydrogen-bond donors (Lipinski definition) is 0. The highest BCUT2D eigenvalue weighted by Gasteiger charge is 2.47. The summed E-state index contributed by atoms with van der Waals surface area (Å²) in [6, 6.07) is 98.5. The first-order valence-electron chi connectivity index (χ1n) is 25.5. The summed E-state index contributed by atoms with van der Waals surface area (Å²) in [5, 5.41) is 4.91. The molecule has 0 fully saturated rings. The van der Waals surface area contributed by atoms with Crippen LogP contribution in [0.25, 0.3) is 77.2 Å². The zero-order valence-corrected chi connectivity index (χ0v) is 40.4. The van der Waals surface area contributed by atoms with Gasteiger partial charge in [-0.25, -0.2) is 0 Å². The second-order valence-corrected chi connectivity index (χ2v) is 19.5. The lowest BCUT2D eigenvalue weighted by Gasteiger charge is -2.36. The first-order valence-corrected chi connectivity index (χ1v) is 25.5. The van der Waals surface area contributed by atoms with Crippen LogP contribution < -0.4 is 4.90 Å². The molecule has 0 spiro atoms. The van der Waals surface area contributed by atoms with Gasteiger partial charge >= 0.3 is 0 Å². The zero-order valence-electron chi connectivity index (χ0n) is 40.4. The highest BCUT2D eigenvalue weighted by molar-refractivity contribution is 6.10. The number of nitrogens with zero attached hydrogens (tertiary/aromatic N) is 2. The molecule has 11 aromatic carbocycles. The van der Waals surface area contributed by atoms with E-state index in [1.165, 1.54) is 99.4 Å². The summed E-state index contributed by atoms with van der Waals surface area (Å²) in [5.41, 5.74) is 21.7. The fourth-order valence-electron chi connectivity index (χ4n) is 12.2. The van der Waals surface area contributed by atoms with Gasteiger partial charge in [-0.1, -0.05) is 212 Å². The zero-order chi connectivity index (χ0) is 48.3. The summed E-state index contributed by atoms with van der Waals surface area (Å²) >= 11 is 0. The van der Waals surface area contributed by atoms with E-state index in [1.54, 1.807) is 0 Å². The third-order valence-corrected chi connectivity index (χ3v) is 15.5. The fourth-order valence-corrected chi connectivity index (χ4v) is 12.2. The molecule has 2 heteroatoms. The van der Waals surface area contributed by atoms with E-state index in [-0.39, 0.29) is 0 Å². The molecule has 0 atom stereocenters. The molecule has 1 aromatic heterocycles. The molecular formula is C71H50N2. The Balaban J connectivity index is 0.857. The maximum atomic E-state index is 2.50. The van der Waals surface area contributed by atoms with Crippen molar-refractivity contribution in [1.82, 2.24) is 4.57 Å². The fraction of sp³-hybridized carbons (Fsp3) is 0.0423. The Morgan fingerprint density at radius 3 is 1.70 bits per heavy atom. The van der Waals surface area contributed by atoms with E-state index in [4.69, 9.17) is 0 Å². The van der Waals surface area contributed by atoms with Crippen molar-refractivity contribution in [2.45, 2.75) is 18.3 Å². The summed E-state index contributed by atoms with van der Waals surface area (Å²) in [6.45, 7) is 0. The second-order valence-electron chi connectivity index (χ2n) is 19.5. The first-order chi connectivity index (χ1) is 36.2. The molecule has 0 saturated heterocycles. The smallest absolute Gasteiger partial charge is 0.0710 e. The number of benzene rings is 11. The molecule has 0 saturated carbocycles. The van der Waals surface area contributed by atoms with Gasteiger partial charge in [-0.3, -0.25) is 0 Å². The van der Waals surface area contributed by atoms with E-state index in [0.29, 0.717) is 0 Å². The minimum atomic E-state index is -0.462. The number of aromatic nitrogens is 1. The van der Waals surface area contributed by atoms with Crippen molar-refractivity contribution in [3.05, 3.63) is 307 Å². The van der Waals surface area contributed by atoms with Gasteiger partial charge in [0, 0.05) is 33.2 Å². The monoisotopic (exact) mass is 930 g/mol. The lowest BCUT2D eigenvalue weighted by molar-refractivity contribution is 0.756. The molecule has 0 radical (unpaired) electrons. The summed E-state index contributed by atoms with van der Waals surface area (Å²) < 4.78 is 2.40. The molecule has 2 aliphatic rings. The van der Waals surface area contributed by atoms with Gasteiger partial charge in [-0.05, 0) is 152 Å². The molecule has 0 N–H and O–H groups in total. The maximum absolute atomic E-state index is 2.50. The molecule has 1 heterocycles. The van der Waals surface area contributed by atoms with Crippen LogP contribution in [0.4, 0.5) is 17.1 Å². The Hall–Kier alpha value is -9.24. The maximum Gasteiger partial charge on any atom is 0.0710 e. The molecule has 0 aliphatic heterocycles. The summed E-state index contributed by atoms with van der Waals surface area (Å²) in [4.78, 5) is 2.47. The molecule has 0 amide bonds. The van der Waals surface area contributed by atoms with Crippen LogP contribution in [-0.2, 0) is 5.41 Å². The van der Waals surface area contributed by atoms with Crippen molar-refractivity contribution in [3.63, 3.8) is 0 Å². The number of fused-ring (bicyclic) bond motifs is 6. The van der Waals surface area contributed by atoms with Crippen LogP contribution in [-0.4, -0.2) is 4.57 Å². The van der Waals surface area contributed by atoms with Gasteiger partial charge in [-0.15, -0.1) is 0 Å². The molecule has 14 rings (SSSR count). The van der Waals surface area contributed by atoms with Gasteiger partial charge in [0.1, 0.15) is 0 Å². The molecule has 0 unspecified atom stereocenters. The highest BCUT2D eigenvalue weighted by atomic mass is 15.1. The van der Waals surface area contributed by atoms with E-state index < -0.39 is 5.41 Å². The SMILES string of the molecule is C1=CC2=C(CC1)c1ccc(N(c3ccc(-c4cccc(-c5ccc6c(c5)c5ccccc5n6-c5ccc(-c6ccccc6)cc5)c4)cc3)c3cccc4ccccc34)cc1C2(c1ccccc1)c1ccccc1. The van der Waals surface area contributed by atoms with E-state index in [1.807, 2.05) is 0 Å². The standard InChI is InChI=1S/C71H50N2/c1-4-18-49(19-5-1)50-34-41-59(42-35-50)73-69-32-15-13-30-64(69)65-47-55(38-45-70(65)73)54-23-16-22-53(46-54)51-36-39-58(40-37-51)72(68-33-17-21-52-20-10-11-28-61(52)68)60-43-44-63-62-29-12-14-31-66(62)71(67(63)48-60,56-24-6-2-7-25-56)57-26-8-3-9-27-57/h1-11,13-28,30-48H,12,29H2. The van der Waals surface area contributed by atoms with Crippen LogP contribution in [0.5, 0.6) is 0 Å². The van der Waals surface area contributed by atoms with E-state index in [9.17, 15) is 0 Å². The number of anilines is 3. The Labute approximate surface area is 426 Å². The molecule has 2 nitrogen and oxygen atoms in total. The first kappa shape index (κ1) is 42.6.